The minimum Gasteiger partial charge on any atom is -0.381 e. The lowest BCUT2D eigenvalue weighted by Gasteiger charge is -2.26. The number of methoxy groups -OCH3 is 1. The van der Waals surface area contributed by atoms with Crippen LogP contribution in [0.25, 0.3) is 21.9 Å². The van der Waals surface area contributed by atoms with Gasteiger partial charge in [0, 0.05) is 36.4 Å². The van der Waals surface area contributed by atoms with Gasteiger partial charge in [0.2, 0.25) is 5.91 Å². The minimum absolute atomic E-state index is 0.0381. The van der Waals surface area contributed by atoms with Crippen molar-refractivity contribution in [3.8, 4) is 11.1 Å². The molecule has 4 rings (SSSR count). The third kappa shape index (κ3) is 3.46. The van der Waals surface area contributed by atoms with Crippen LogP contribution < -0.4 is 5.32 Å². The lowest BCUT2D eigenvalue weighted by molar-refractivity contribution is -0.121. The van der Waals surface area contributed by atoms with Crippen LogP contribution in [0.15, 0.2) is 42.9 Å². The number of hydrogen-bond acceptors (Lipinski definition) is 4. The first-order chi connectivity index (χ1) is 12.7. The van der Waals surface area contributed by atoms with Crippen LogP contribution in [0.5, 0.6) is 0 Å². The first-order valence-corrected chi connectivity index (χ1v) is 8.95. The van der Waals surface area contributed by atoms with E-state index in [2.05, 4.69) is 26.6 Å². The first-order valence-electron chi connectivity index (χ1n) is 8.95. The second-order valence-corrected chi connectivity index (χ2v) is 6.82. The van der Waals surface area contributed by atoms with Gasteiger partial charge in [-0.1, -0.05) is 12.1 Å². The van der Waals surface area contributed by atoms with E-state index in [1.54, 1.807) is 19.5 Å². The molecular weight excluding hydrogens is 328 g/mol. The molecule has 1 aliphatic rings. The second kappa shape index (κ2) is 7.25. The molecule has 6 heteroatoms. The van der Waals surface area contributed by atoms with E-state index in [1.165, 1.54) is 0 Å². The molecule has 1 fully saturated rings. The predicted molar refractivity (Wildman–Crippen MR) is 101 cm³/mol. The molecule has 2 N–H and O–H groups in total. The first kappa shape index (κ1) is 16.7. The Kier molecular flexibility index (Phi) is 4.67. The Labute approximate surface area is 152 Å². The quantitative estimate of drug-likeness (QED) is 0.751. The molecule has 0 atom stereocenters. The summed E-state index contributed by atoms with van der Waals surface area (Å²) in [4.78, 5) is 16.9. The number of H-pyrrole nitrogens is 1. The number of nitrogens with one attached hydrogen (secondary N) is 2. The molecule has 1 saturated carbocycles. The fourth-order valence-corrected chi connectivity index (χ4v) is 3.59. The fourth-order valence-electron chi connectivity index (χ4n) is 3.59. The smallest absolute Gasteiger partial charge is 0.228 e. The van der Waals surface area contributed by atoms with Crippen LogP contribution in [0.4, 0.5) is 5.82 Å². The Hall–Kier alpha value is -2.73. The van der Waals surface area contributed by atoms with Crippen molar-refractivity contribution in [3.05, 3.63) is 42.9 Å². The van der Waals surface area contributed by atoms with Crippen molar-refractivity contribution in [2.75, 3.05) is 12.4 Å². The summed E-state index contributed by atoms with van der Waals surface area (Å²) in [5, 5.41) is 11.9. The number of aromatic amines is 1. The lowest BCUT2D eigenvalue weighted by atomic mass is 9.87. The molecular formula is C20H22N4O2. The van der Waals surface area contributed by atoms with E-state index < -0.39 is 0 Å². The van der Waals surface area contributed by atoms with Gasteiger partial charge < -0.3 is 10.1 Å². The van der Waals surface area contributed by atoms with Gasteiger partial charge in [-0.15, -0.1) is 0 Å². The monoisotopic (exact) mass is 350 g/mol. The lowest BCUT2D eigenvalue weighted by Crippen LogP contribution is -2.29. The van der Waals surface area contributed by atoms with Crippen LogP contribution in [0.3, 0.4) is 0 Å². The van der Waals surface area contributed by atoms with Crippen molar-refractivity contribution in [2.24, 2.45) is 5.92 Å². The van der Waals surface area contributed by atoms with Crippen LogP contribution in [0.2, 0.25) is 0 Å². The van der Waals surface area contributed by atoms with Crippen LogP contribution in [-0.2, 0) is 9.53 Å². The maximum atomic E-state index is 12.5. The van der Waals surface area contributed by atoms with Crippen LogP contribution in [-0.4, -0.2) is 34.3 Å². The Morgan fingerprint density at radius 1 is 1.12 bits per heavy atom. The van der Waals surface area contributed by atoms with E-state index in [9.17, 15) is 4.79 Å². The molecule has 6 nitrogen and oxygen atoms in total. The van der Waals surface area contributed by atoms with Crippen molar-refractivity contribution in [1.82, 2.24) is 15.2 Å². The third-order valence-corrected chi connectivity index (χ3v) is 5.18. The maximum absolute atomic E-state index is 12.5. The number of ether oxygens (including phenoxy) is 1. The summed E-state index contributed by atoms with van der Waals surface area (Å²) < 4.78 is 5.38. The number of rotatable bonds is 4. The van der Waals surface area contributed by atoms with Gasteiger partial charge in [0.05, 0.1) is 12.3 Å². The number of fused-ring (bicyclic) bond motifs is 1. The van der Waals surface area contributed by atoms with E-state index in [0.29, 0.717) is 11.9 Å². The molecule has 0 spiro atoms. The second-order valence-electron chi connectivity index (χ2n) is 6.82. The molecule has 0 aliphatic heterocycles. The van der Waals surface area contributed by atoms with E-state index in [-0.39, 0.29) is 11.8 Å². The van der Waals surface area contributed by atoms with Gasteiger partial charge in [-0.05, 0) is 48.8 Å². The normalized spacial score (nSPS) is 20.2. The number of anilines is 1. The van der Waals surface area contributed by atoms with Crippen LogP contribution in [0, 0.1) is 5.92 Å². The zero-order valence-corrected chi connectivity index (χ0v) is 14.7. The van der Waals surface area contributed by atoms with Gasteiger partial charge in [-0.3, -0.25) is 9.89 Å². The maximum Gasteiger partial charge on any atom is 0.228 e. The molecule has 1 amide bonds. The number of hydrogen-bond donors (Lipinski definition) is 2. The van der Waals surface area contributed by atoms with Gasteiger partial charge >= 0.3 is 0 Å². The summed E-state index contributed by atoms with van der Waals surface area (Å²) in [6.45, 7) is 0. The van der Waals surface area contributed by atoms with Crippen molar-refractivity contribution >= 4 is 22.5 Å². The molecule has 0 radical (unpaired) electrons. The Morgan fingerprint density at radius 3 is 2.69 bits per heavy atom. The third-order valence-electron chi connectivity index (χ3n) is 5.18. The number of benzene rings is 1. The summed E-state index contributed by atoms with van der Waals surface area (Å²) in [5.74, 6) is 0.689. The number of pyridine rings is 1. The molecule has 0 unspecified atom stereocenters. The Morgan fingerprint density at radius 2 is 1.96 bits per heavy atom. The Bertz CT molecular complexity index is 899. The highest BCUT2D eigenvalue weighted by molar-refractivity contribution is 5.95. The highest BCUT2D eigenvalue weighted by atomic mass is 16.5. The van der Waals surface area contributed by atoms with E-state index in [4.69, 9.17) is 4.74 Å². The Balaban J connectivity index is 1.50. The molecule has 0 saturated heterocycles. The van der Waals surface area contributed by atoms with E-state index >= 15 is 0 Å². The van der Waals surface area contributed by atoms with Crippen molar-refractivity contribution in [2.45, 2.75) is 31.8 Å². The number of carbonyl (C=O) groups is 1. The summed E-state index contributed by atoms with van der Waals surface area (Å²) >= 11 is 0. The zero-order chi connectivity index (χ0) is 17.9. The molecule has 1 aromatic carbocycles. The summed E-state index contributed by atoms with van der Waals surface area (Å²) in [5.41, 5.74) is 2.11. The molecule has 2 aromatic heterocycles. The molecule has 134 valence electrons. The van der Waals surface area contributed by atoms with Gasteiger partial charge in [-0.2, -0.15) is 5.10 Å². The fraction of sp³-hybridized carbons (Fsp3) is 0.350. The number of carbonyl (C=O) groups excluding carboxylic acids is 1. The number of aromatic nitrogens is 3. The topological polar surface area (TPSA) is 79.9 Å². The average Bonchev–Trinajstić information content (AvgIpc) is 3.22. The zero-order valence-electron chi connectivity index (χ0n) is 14.7. The van der Waals surface area contributed by atoms with Gasteiger partial charge in [0.1, 0.15) is 5.82 Å². The minimum atomic E-state index is 0.0381. The van der Waals surface area contributed by atoms with Crippen LogP contribution >= 0.6 is 0 Å². The highest BCUT2D eigenvalue weighted by Crippen LogP contribution is 2.28. The van der Waals surface area contributed by atoms with Crippen LogP contribution in [0.1, 0.15) is 25.7 Å². The molecule has 1 aliphatic carbocycles. The molecule has 0 bridgehead atoms. The van der Waals surface area contributed by atoms with Crippen molar-refractivity contribution < 1.29 is 9.53 Å². The summed E-state index contributed by atoms with van der Waals surface area (Å²) in [7, 11) is 1.74. The molecule has 2 heterocycles. The largest absolute Gasteiger partial charge is 0.381 e. The number of amides is 1. The van der Waals surface area contributed by atoms with Crippen molar-refractivity contribution in [3.63, 3.8) is 0 Å². The number of nitrogens with zero attached hydrogens (tertiary/aromatic N) is 2. The summed E-state index contributed by atoms with van der Waals surface area (Å²) in [6.07, 6.45) is 9.35. The highest BCUT2D eigenvalue weighted by Gasteiger charge is 2.26. The molecule has 26 heavy (non-hydrogen) atoms. The van der Waals surface area contributed by atoms with E-state index in [1.807, 2.05) is 24.4 Å². The van der Waals surface area contributed by atoms with Crippen molar-refractivity contribution in [1.29, 1.82) is 0 Å². The average molecular weight is 350 g/mol. The summed E-state index contributed by atoms with van der Waals surface area (Å²) in [6, 6.07) is 8.09. The van der Waals surface area contributed by atoms with Gasteiger partial charge in [-0.25, -0.2) is 4.98 Å². The van der Waals surface area contributed by atoms with Gasteiger partial charge in [0.15, 0.2) is 0 Å². The predicted octanol–water partition coefficient (Wildman–Crippen LogP) is 3.77. The van der Waals surface area contributed by atoms with E-state index in [0.717, 1.165) is 47.6 Å². The molecule has 3 aromatic rings. The standard InChI is InChI=1S/C20H22N4O2/c1-26-18-6-4-13(5-7-18)20(25)24-19-9-16-8-14(17-11-22-23-12-17)2-3-15(16)10-21-19/h2-3,8-13,18H,4-7H2,1H3,(H,22,23)(H,21,24,25). The SMILES string of the molecule is COC1CCC(C(=O)Nc2cc3cc(-c4cn[nH]c4)ccc3cn2)CC1. The van der Waals surface area contributed by atoms with Gasteiger partial charge in [0.25, 0.3) is 0 Å².